The highest BCUT2D eigenvalue weighted by molar-refractivity contribution is 5.50. The molecule has 0 radical (unpaired) electrons. The maximum atomic E-state index is 10.6. The molecule has 0 fully saturated rings. The van der Waals surface area contributed by atoms with Crippen LogP contribution in [0.3, 0.4) is 0 Å². The number of non-ortho nitro benzene ring substituents is 1. The van der Waals surface area contributed by atoms with E-state index in [-0.39, 0.29) is 5.69 Å². The average molecular weight is 233 g/mol. The zero-order chi connectivity index (χ0) is 12.3. The van der Waals surface area contributed by atoms with Gasteiger partial charge in [0.05, 0.1) is 11.5 Å². The molecule has 1 aromatic heterocycles. The summed E-state index contributed by atoms with van der Waals surface area (Å²) in [4.78, 5) is 10.2. The van der Waals surface area contributed by atoms with Crippen LogP contribution in [0, 0.1) is 17.0 Å². The summed E-state index contributed by atoms with van der Waals surface area (Å²) in [6.07, 6.45) is 0. The highest BCUT2D eigenvalue weighted by atomic mass is 16.6. The van der Waals surface area contributed by atoms with E-state index in [1.165, 1.54) is 12.1 Å². The number of nitro benzene ring substituents is 1. The first-order valence-corrected chi connectivity index (χ1v) is 5.05. The van der Waals surface area contributed by atoms with Crippen LogP contribution in [-0.4, -0.2) is 10.1 Å². The Morgan fingerprint density at radius 1 is 1.47 bits per heavy atom. The van der Waals surface area contributed by atoms with E-state index in [0.29, 0.717) is 12.2 Å². The third kappa shape index (κ3) is 2.81. The minimum Gasteiger partial charge on any atom is -0.379 e. The second kappa shape index (κ2) is 4.65. The quantitative estimate of drug-likeness (QED) is 0.648. The van der Waals surface area contributed by atoms with Crippen LogP contribution < -0.4 is 5.32 Å². The monoisotopic (exact) mass is 233 g/mol. The van der Waals surface area contributed by atoms with E-state index < -0.39 is 4.92 Å². The first-order chi connectivity index (χ1) is 8.15. The van der Waals surface area contributed by atoms with Gasteiger partial charge in [0.25, 0.3) is 5.69 Å². The molecule has 0 bridgehead atoms. The van der Waals surface area contributed by atoms with Gasteiger partial charge in [-0.2, -0.15) is 0 Å². The molecule has 88 valence electrons. The first-order valence-electron chi connectivity index (χ1n) is 5.05. The van der Waals surface area contributed by atoms with Gasteiger partial charge in [-0.3, -0.25) is 10.1 Å². The molecule has 0 unspecified atom stereocenters. The molecule has 2 rings (SSSR count). The minimum absolute atomic E-state index is 0.0614. The molecule has 0 aliphatic carbocycles. The molecule has 0 saturated carbocycles. The first kappa shape index (κ1) is 11.1. The van der Waals surface area contributed by atoms with Crippen molar-refractivity contribution < 1.29 is 9.45 Å². The molecule has 0 aliphatic heterocycles. The van der Waals surface area contributed by atoms with E-state index in [2.05, 4.69) is 10.5 Å². The van der Waals surface area contributed by atoms with Crippen LogP contribution in [0.15, 0.2) is 34.9 Å². The molecule has 1 heterocycles. The van der Waals surface area contributed by atoms with Gasteiger partial charge in [-0.15, -0.1) is 0 Å². The van der Waals surface area contributed by atoms with Crippen LogP contribution in [-0.2, 0) is 6.54 Å². The third-order valence-electron chi connectivity index (χ3n) is 2.21. The molecule has 0 atom stereocenters. The number of aryl methyl sites for hydroxylation is 1. The van der Waals surface area contributed by atoms with E-state index in [0.717, 1.165) is 11.5 Å². The van der Waals surface area contributed by atoms with Crippen molar-refractivity contribution in [3.05, 3.63) is 51.9 Å². The maximum Gasteiger partial charge on any atom is 0.271 e. The zero-order valence-electron chi connectivity index (χ0n) is 9.21. The lowest BCUT2D eigenvalue weighted by atomic mass is 10.2. The minimum atomic E-state index is -0.425. The zero-order valence-corrected chi connectivity index (χ0v) is 9.21. The smallest absolute Gasteiger partial charge is 0.271 e. The van der Waals surface area contributed by atoms with E-state index >= 15 is 0 Å². The van der Waals surface area contributed by atoms with Gasteiger partial charge >= 0.3 is 0 Å². The second-order valence-corrected chi connectivity index (χ2v) is 3.59. The maximum absolute atomic E-state index is 10.6. The Kier molecular flexibility index (Phi) is 3.04. The number of hydrogen-bond donors (Lipinski definition) is 1. The van der Waals surface area contributed by atoms with E-state index in [1.807, 2.05) is 13.0 Å². The van der Waals surface area contributed by atoms with Crippen molar-refractivity contribution in [2.75, 3.05) is 5.32 Å². The molecule has 6 nitrogen and oxygen atoms in total. The predicted octanol–water partition coefficient (Wildman–Crippen LogP) is 2.50. The lowest BCUT2D eigenvalue weighted by Gasteiger charge is -2.02. The summed E-state index contributed by atoms with van der Waals surface area (Å²) in [6, 6.07) is 8.14. The van der Waals surface area contributed by atoms with Crippen LogP contribution in [0.4, 0.5) is 11.4 Å². The van der Waals surface area contributed by atoms with Crippen molar-refractivity contribution in [2.24, 2.45) is 0 Å². The van der Waals surface area contributed by atoms with Crippen molar-refractivity contribution in [1.82, 2.24) is 5.16 Å². The van der Waals surface area contributed by atoms with E-state index in [1.54, 1.807) is 12.1 Å². The predicted molar refractivity (Wildman–Crippen MR) is 61.7 cm³/mol. The number of nitrogens with zero attached hydrogens (tertiary/aromatic N) is 2. The fourth-order valence-corrected chi connectivity index (χ4v) is 1.42. The summed E-state index contributed by atoms with van der Waals surface area (Å²) < 4.78 is 4.92. The molecule has 17 heavy (non-hydrogen) atoms. The molecule has 0 aliphatic rings. The SMILES string of the molecule is Cc1cc(CNc2cccc([N+](=O)[O-])c2)no1. The number of benzene rings is 1. The highest BCUT2D eigenvalue weighted by Crippen LogP contribution is 2.17. The lowest BCUT2D eigenvalue weighted by molar-refractivity contribution is -0.384. The number of hydrogen-bond acceptors (Lipinski definition) is 5. The fourth-order valence-electron chi connectivity index (χ4n) is 1.42. The van der Waals surface area contributed by atoms with Crippen LogP contribution in [0.1, 0.15) is 11.5 Å². The van der Waals surface area contributed by atoms with Crippen LogP contribution >= 0.6 is 0 Å². The summed E-state index contributed by atoms with van der Waals surface area (Å²) in [5.41, 5.74) is 1.50. The Balaban J connectivity index is 2.04. The number of rotatable bonds is 4. The summed E-state index contributed by atoms with van der Waals surface area (Å²) in [6.45, 7) is 2.28. The van der Waals surface area contributed by atoms with Crippen molar-refractivity contribution in [3.8, 4) is 0 Å². The highest BCUT2D eigenvalue weighted by Gasteiger charge is 2.06. The molecule has 0 spiro atoms. The topological polar surface area (TPSA) is 81.2 Å². The Morgan fingerprint density at radius 3 is 2.94 bits per heavy atom. The molecule has 0 amide bonds. The third-order valence-corrected chi connectivity index (χ3v) is 2.21. The number of aromatic nitrogens is 1. The Labute approximate surface area is 97.4 Å². The van der Waals surface area contributed by atoms with Gasteiger partial charge in [-0.25, -0.2) is 0 Å². The van der Waals surface area contributed by atoms with Crippen molar-refractivity contribution in [1.29, 1.82) is 0 Å². The molecular weight excluding hydrogens is 222 g/mol. The number of nitrogens with one attached hydrogen (secondary N) is 1. The molecule has 0 saturated heterocycles. The van der Waals surface area contributed by atoms with E-state index in [9.17, 15) is 10.1 Å². The fraction of sp³-hybridized carbons (Fsp3) is 0.182. The van der Waals surface area contributed by atoms with Gasteiger partial charge in [0.2, 0.25) is 0 Å². The Morgan fingerprint density at radius 2 is 2.29 bits per heavy atom. The summed E-state index contributed by atoms with van der Waals surface area (Å²) in [5, 5.41) is 17.4. The Bertz CT molecular complexity index is 536. The van der Waals surface area contributed by atoms with Crippen molar-refractivity contribution in [3.63, 3.8) is 0 Å². The molecule has 6 heteroatoms. The van der Waals surface area contributed by atoms with Crippen LogP contribution in [0.2, 0.25) is 0 Å². The molecule has 1 aromatic carbocycles. The average Bonchev–Trinajstić information content (AvgIpc) is 2.73. The molecule has 1 N–H and O–H groups in total. The second-order valence-electron chi connectivity index (χ2n) is 3.59. The van der Waals surface area contributed by atoms with Gasteiger partial charge in [0.15, 0.2) is 0 Å². The largest absolute Gasteiger partial charge is 0.379 e. The Hall–Kier alpha value is -2.37. The standard InChI is InChI=1S/C11H11N3O3/c1-8-5-10(13-17-8)7-12-9-3-2-4-11(6-9)14(15)16/h2-6,12H,7H2,1H3. The molecular formula is C11H11N3O3. The summed E-state index contributed by atoms with van der Waals surface area (Å²) in [5.74, 6) is 0.737. The van der Waals surface area contributed by atoms with Crippen molar-refractivity contribution in [2.45, 2.75) is 13.5 Å². The van der Waals surface area contributed by atoms with Gasteiger partial charge in [-0.05, 0) is 13.0 Å². The van der Waals surface area contributed by atoms with Crippen LogP contribution in [0.5, 0.6) is 0 Å². The van der Waals surface area contributed by atoms with Gasteiger partial charge in [-0.1, -0.05) is 11.2 Å². The summed E-state index contributed by atoms with van der Waals surface area (Å²) in [7, 11) is 0. The number of nitro groups is 1. The van der Waals surface area contributed by atoms with Gasteiger partial charge in [0.1, 0.15) is 11.5 Å². The summed E-state index contributed by atoms with van der Waals surface area (Å²) >= 11 is 0. The van der Waals surface area contributed by atoms with Gasteiger partial charge < -0.3 is 9.84 Å². The van der Waals surface area contributed by atoms with Crippen molar-refractivity contribution >= 4 is 11.4 Å². The molecule has 2 aromatic rings. The van der Waals surface area contributed by atoms with E-state index in [4.69, 9.17) is 4.52 Å². The van der Waals surface area contributed by atoms with Gasteiger partial charge in [0, 0.05) is 23.9 Å². The number of anilines is 1. The lowest BCUT2D eigenvalue weighted by Crippen LogP contribution is -2.00. The normalized spacial score (nSPS) is 10.2. The van der Waals surface area contributed by atoms with Crippen LogP contribution in [0.25, 0.3) is 0 Å².